The van der Waals surface area contributed by atoms with Crippen molar-refractivity contribution in [2.75, 3.05) is 127 Å². The van der Waals surface area contributed by atoms with Crippen molar-refractivity contribution in [1.29, 1.82) is 0 Å². The van der Waals surface area contributed by atoms with Gasteiger partial charge in [-0.1, -0.05) is 159 Å². The molecule has 0 rings (SSSR count). The first kappa shape index (κ1) is 112. The van der Waals surface area contributed by atoms with E-state index in [2.05, 4.69) is 4.52 Å². The molecule has 0 amide bonds. The molecule has 10 atom stereocenters. The average molecular weight is 1490 g/mol. The van der Waals surface area contributed by atoms with Crippen LogP contribution in [0, 0.1) is 0 Å². The van der Waals surface area contributed by atoms with E-state index in [1.54, 1.807) is 60.8 Å². The van der Waals surface area contributed by atoms with Gasteiger partial charge in [-0.2, -0.15) is 0 Å². The van der Waals surface area contributed by atoms with Crippen molar-refractivity contribution in [3.63, 3.8) is 0 Å². The Morgan fingerprint density at radius 2 is 0.404 bits per heavy atom. The van der Waals surface area contributed by atoms with Crippen LogP contribution >= 0.6 is 73.9 Å². The van der Waals surface area contributed by atoms with Gasteiger partial charge in [0.2, 0.25) is 66.3 Å². The molecule has 0 aliphatic carbocycles. The SMILES string of the molecule is CCOP(=O)(O)C(C)C.CCOP(C)(=O)C(C)C.CCO[P@@](=O)(CC)C(C)C.CCO[P@@](C)(=O)C(C)C.CCO[P@](=O)(CC)C(C)C.CCO[P@](C)(=O)C(C)C.CCP(=O)(OC)C(C)C.COP(C)(=O)C(C)C.CO[P@@](C)(=O)C(C)C.CO[P@](C)(=O)C(C)C. The van der Waals surface area contributed by atoms with Crippen LogP contribution in [0.2, 0.25) is 0 Å². The molecule has 89 heavy (non-hydrogen) atoms. The van der Waals surface area contributed by atoms with Gasteiger partial charge in [-0.25, -0.2) is 0 Å². The summed E-state index contributed by atoms with van der Waals surface area (Å²) < 4.78 is 162. The van der Waals surface area contributed by atoms with Crippen LogP contribution in [0.4, 0.5) is 0 Å². The van der Waals surface area contributed by atoms with Crippen molar-refractivity contribution in [2.45, 2.75) is 257 Å². The van der Waals surface area contributed by atoms with Gasteiger partial charge in [0.25, 0.3) is 0 Å². The summed E-state index contributed by atoms with van der Waals surface area (Å²) in [6.07, 6.45) is 1.94. The molecule has 0 aromatic rings. The highest BCUT2D eigenvalue weighted by atomic mass is 31.2. The van der Waals surface area contributed by atoms with Crippen molar-refractivity contribution in [2.24, 2.45) is 0 Å². The third-order valence-corrected chi connectivity index (χ3v) is 40.6. The molecule has 554 valence electrons. The van der Waals surface area contributed by atoms with Gasteiger partial charge in [-0.15, -0.1) is 0 Å². The van der Waals surface area contributed by atoms with Crippen molar-refractivity contribution < 1.29 is 95.8 Å². The van der Waals surface area contributed by atoms with Crippen LogP contribution in [0.5, 0.6) is 0 Å². The minimum Gasteiger partial charge on any atom is -0.332 e. The molecule has 0 aromatic carbocycles. The molecule has 0 spiro atoms. The number of hydrogen-bond acceptors (Lipinski definition) is 20. The molecule has 0 aliphatic rings. The summed E-state index contributed by atoms with van der Waals surface area (Å²) in [7, 11) is -17.6. The third-order valence-electron chi connectivity index (χ3n) is 13.5. The standard InChI is InChI=1S/2C7H17O2P.4C6H15O2P.C5H13O3P.3C5H13O2P/c2*1-5-9-10(8,6-2)7(3)4;3*1-5-8-9(4,7)6(2)3;1-5-9(7,8-4)6(2)3;1-4-8-9(6,7)5(2)3;3*1-5(2)8(4,6)7-3/h2*7H,5-6H2,1-4H3;4*6H,5H2,1-4H3;5H,4H2,1-3H3,(H,6,7);3*5H,1-4H3/t2*10-;2*9-;;;;2*8-;/m1010...10./s1. The third kappa shape index (κ3) is 60.7. The monoisotopic (exact) mass is 1490 g/mol. The highest BCUT2D eigenvalue weighted by Crippen LogP contribution is 2.54. The molecular weight excluding hydrogens is 1340 g/mol. The first-order valence-corrected chi connectivity index (χ1v) is 51.5. The maximum Gasteiger partial charge on any atom is 0.330 e. The van der Waals surface area contributed by atoms with Crippen LogP contribution in [-0.4, -0.2) is 188 Å². The molecular formula is C58H146O21P10. The van der Waals surface area contributed by atoms with Gasteiger partial charge in [0.1, 0.15) is 0 Å². The summed E-state index contributed by atoms with van der Waals surface area (Å²) in [4.78, 5) is 8.93. The Hall–Kier alpha value is 1.86. The maximum atomic E-state index is 11.7. The summed E-state index contributed by atoms with van der Waals surface area (Å²) in [5.41, 5.74) is 1.08. The molecule has 1 N–H and O–H groups in total. The second kappa shape index (κ2) is 57.7. The number of rotatable bonds is 29. The smallest absolute Gasteiger partial charge is 0.330 e. The maximum absolute atomic E-state index is 11.7. The summed E-state index contributed by atoms with van der Waals surface area (Å²) in [5, 5.41) is 0. The number of hydrogen-bond donors (Lipinski definition) is 1. The molecule has 0 aromatic heterocycles. The second-order valence-electron chi connectivity index (χ2n) is 23.3. The minimum atomic E-state index is -3.26. The first-order valence-electron chi connectivity index (χ1n) is 31.3. The molecule has 0 bridgehead atoms. The van der Waals surface area contributed by atoms with Crippen LogP contribution in [0.15, 0.2) is 0 Å². The van der Waals surface area contributed by atoms with Gasteiger partial charge < -0.3 is 50.1 Å². The van der Waals surface area contributed by atoms with E-state index in [9.17, 15) is 45.7 Å². The molecule has 0 fully saturated rings. The fourth-order valence-electron chi connectivity index (χ4n) is 4.54. The molecule has 0 aliphatic heterocycles. The van der Waals surface area contributed by atoms with Crippen LogP contribution < -0.4 is 0 Å². The molecule has 21 nitrogen and oxygen atoms in total. The van der Waals surface area contributed by atoms with E-state index in [-0.39, 0.29) is 56.6 Å². The van der Waals surface area contributed by atoms with E-state index < -0.39 is 73.9 Å². The largest absolute Gasteiger partial charge is 0.332 e. The first-order chi connectivity index (χ1) is 39.7. The molecule has 4 unspecified atom stereocenters. The lowest BCUT2D eigenvalue weighted by atomic mass is 10.6. The van der Waals surface area contributed by atoms with Gasteiger partial charge in [0, 0.05) is 138 Å². The van der Waals surface area contributed by atoms with Gasteiger partial charge in [0.15, 0.2) is 0 Å². The van der Waals surface area contributed by atoms with Crippen molar-refractivity contribution in [3.8, 4) is 0 Å². The quantitative estimate of drug-likeness (QED) is 0.0681. The molecule has 31 heteroatoms. The molecule has 0 saturated carbocycles. The summed E-state index contributed by atoms with van der Waals surface area (Å²) in [5.74, 6) is 0. The normalized spacial score (nSPS) is 18.0. The lowest BCUT2D eigenvalue weighted by molar-refractivity contribution is 0.267. The van der Waals surface area contributed by atoms with E-state index in [4.69, 9.17) is 45.6 Å². The minimum absolute atomic E-state index is 0.146. The Kier molecular flexibility index (Phi) is 72.8. The highest BCUT2D eigenvalue weighted by molar-refractivity contribution is 7.61. The predicted octanol–water partition coefficient (Wildman–Crippen LogP) is 22.3. The summed E-state index contributed by atoms with van der Waals surface area (Å²) in [6.45, 7) is 67.6. The summed E-state index contributed by atoms with van der Waals surface area (Å²) >= 11 is 0. The van der Waals surface area contributed by atoms with E-state index >= 15 is 0 Å². The lowest BCUT2D eigenvalue weighted by Gasteiger charge is -2.19. The highest BCUT2D eigenvalue weighted by Gasteiger charge is 2.27. The Morgan fingerprint density at radius 3 is 0.438 bits per heavy atom. The van der Waals surface area contributed by atoms with E-state index in [0.717, 1.165) is 0 Å². The fourth-order valence-corrected chi connectivity index (χ4v) is 13.6. The second-order valence-corrected chi connectivity index (χ2v) is 54.9. The Morgan fingerprint density at radius 1 is 0.236 bits per heavy atom. The van der Waals surface area contributed by atoms with Crippen molar-refractivity contribution in [3.05, 3.63) is 0 Å². The lowest BCUT2D eigenvalue weighted by Crippen LogP contribution is -2.03. The Bertz CT molecular complexity index is 1960. The zero-order valence-electron chi connectivity index (χ0n) is 64.2. The molecule has 0 saturated heterocycles. The van der Waals surface area contributed by atoms with Gasteiger partial charge in [-0.05, 0) is 41.5 Å². The molecule has 0 heterocycles. The fraction of sp³-hybridized carbons (Fsp3) is 1.00. The van der Waals surface area contributed by atoms with E-state index in [0.29, 0.717) is 58.1 Å². The van der Waals surface area contributed by atoms with Gasteiger partial charge in [0.05, 0.1) is 45.3 Å². The topological polar surface area (TPSA) is 283 Å². The van der Waals surface area contributed by atoms with E-state index in [1.807, 2.05) is 180 Å². The van der Waals surface area contributed by atoms with Gasteiger partial charge in [-0.3, -0.25) is 45.7 Å². The van der Waals surface area contributed by atoms with Crippen LogP contribution in [0.3, 0.4) is 0 Å². The molecule has 0 radical (unpaired) electrons. The summed E-state index contributed by atoms with van der Waals surface area (Å²) in [6, 6.07) is 0. The Labute approximate surface area is 550 Å². The predicted molar refractivity (Wildman–Crippen MR) is 395 cm³/mol. The Balaban J connectivity index is -0.0000000975. The average Bonchev–Trinajstić information content (AvgIpc) is 3.41. The van der Waals surface area contributed by atoms with E-state index in [1.165, 1.54) is 28.4 Å². The van der Waals surface area contributed by atoms with Crippen LogP contribution in [0.1, 0.15) is 201 Å². The van der Waals surface area contributed by atoms with Crippen LogP contribution in [0.25, 0.3) is 0 Å². The van der Waals surface area contributed by atoms with Crippen molar-refractivity contribution >= 4 is 73.9 Å². The zero-order chi connectivity index (χ0) is 74.2. The van der Waals surface area contributed by atoms with Crippen LogP contribution in [-0.2, 0) is 90.9 Å². The van der Waals surface area contributed by atoms with Crippen molar-refractivity contribution in [1.82, 2.24) is 0 Å². The van der Waals surface area contributed by atoms with Gasteiger partial charge >= 0.3 is 7.60 Å². The zero-order valence-corrected chi connectivity index (χ0v) is 73.2.